The number of rotatable bonds is 2. The Morgan fingerprint density at radius 3 is 2.56 bits per heavy atom. The maximum atomic E-state index is 4.96. The lowest BCUT2D eigenvalue weighted by molar-refractivity contribution is -0.728. The molecule has 176 valence electrons. The molecule has 2 bridgehead atoms. The molecule has 0 N–H and O–H groups in total. The molecule has 0 spiro atoms. The smallest absolute Gasteiger partial charge is 0.256 e. The maximum Gasteiger partial charge on any atom is 0.296 e. The molecule has 0 radical (unpaired) electrons. The van der Waals surface area contributed by atoms with Crippen LogP contribution in [0.2, 0.25) is 0 Å². The molecule has 1 fully saturated rings. The highest BCUT2D eigenvalue weighted by Gasteiger charge is 2.57. The first kappa shape index (κ1) is 20.9. The van der Waals surface area contributed by atoms with E-state index in [4.69, 9.17) is 4.98 Å². The molecule has 1 aliphatic heterocycles. The Bertz CT molecular complexity index is 1530. The van der Waals surface area contributed by atoms with E-state index in [0.717, 1.165) is 24.7 Å². The molecule has 7 rings (SSSR count). The van der Waals surface area contributed by atoms with E-state index >= 15 is 0 Å². The van der Waals surface area contributed by atoms with Gasteiger partial charge in [0.1, 0.15) is 5.54 Å². The number of hydrogen-bond donors (Lipinski definition) is 0. The molecule has 0 saturated heterocycles. The summed E-state index contributed by atoms with van der Waals surface area (Å²) in [6, 6.07) is 7.34. The predicted molar refractivity (Wildman–Crippen MR) is 140 cm³/mol. The average molecular weight is 453 g/mol. The molecule has 2 aliphatic carbocycles. The molecule has 4 unspecified atom stereocenters. The molecule has 4 heterocycles. The van der Waals surface area contributed by atoms with Gasteiger partial charge in [-0.2, -0.15) is 4.40 Å². The van der Waals surface area contributed by atoms with E-state index in [9.17, 15) is 0 Å². The Morgan fingerprint density at radius 1 is 1.09 bits per heavy atom. The first-order valence-electron chi connectivity index (χ1n) is 13.5. The Kier molecular flexibility index (Phi) is 3.83. The van der Waals surface area contributed by atoms with Crippen molar-refractivity contribution in [3.8, 4) is 0 Å². The highest BCUT2D eigenvalue weighted by Crippen LogP contribution is 2.60. The minimum absolute atomic E-state index is 0.0104. The van der Waals surface area contributed by atoms with Crippen molar-refractivity contribution in [3.05, 3.63) is 53.0 Å². The second kappa shape index (κ2) is 6.22. The number of hydrogen-bond acceptors (Lipinski definition) is 1. The van der Waals surface area contributed by atoms with Crippen LogP contribution >= 0.6 is 0 Å². The van der Waals surface area contributed by atoms with Crippen LogP contribution in [0.25, 0.3) is 27.5 Å². The van der Waals surface area contributed by atoms with Crippen LogP contribution < -0.4 is 4.57 Å². The molecule has 1 saturated carbocycles. The van der Waals surface area contributed by atoms with E-state index in [-0.39, 0.29) is 16.4 Å². The Balaban J connectivity index is 1.75. The summed E-state index contributed by atoms with van der Waals surface area (Å²) in [7, 11) is 0. The van der Waals surface area contributed by atoms with Crippen molar-refractivity contribution in [1.82, 2.24) is 9.38 Å². The number of fused-ring (bicyclic) bond motifs is 9. The van der Waals surface area contributed by atoms with Crippen molar-refractivity contribution in [2.24, 2.45) is 0 Å². The number of nitrogens with zero attached hydrogens (tertiary/aromatic N) is 3. The van der Waals surface area contributed by atoms with Gasteiger partial charge in [-0.3, -0.25) is 4.98 Å². The number of aromatic nitrogens is 3. The summed E-state index contributed by atoms with van der Waals surface area (Å²) in [5.41, 5.74) is 10.3. The molecular formula is C31H38N3+. The summed E-state index contributed by atoms with van der Waals surface area (Å²) in [6.45, 7) is 16.8. The normalized spacial score (nSPS) is 29.7. The van der Waals surface area contributed by atoms with Crippen LogP contribution in [0.1, 0.15) is 115 Å². The van der Waals surface area contributed by atoms with E-state index in [0.29, 0.717) is 0 Å². The molecule has 3 heteroatoms. The summed E-state index contributed by atoms with van der Waals surface area (Å²) >= 11 is 0. The van der Waals surface area contributed by atoms with Crippen LogP contribution in [0.3, 0.4) is 0 Å². The van der Waals surface area contributed by atoms with Gasteiger partial charge in [0, 0.05) is 16.9 Å². The van der Waals surface area contributed by atoms with Crippen LogP contribution in [-0.4, -0.2) is 9.38 Å². The van der Waals surface area contributed by atoms with Gasteiger partial charge >= 0.3 is 0 Å². The van der Waals surface area contributed by atoms with E-state index < -0.39 is 0 Å². The Morgan fingerprint density at radius 2 is 1.85 bits per heavy atom. The van der Waals surface area contributed by atoms with Crippen LogP contribution in [0, 0.1) is 0 Å². The first-order chi connectivity index (χ1) is 16.1. The fourth-order valence-electron chi connectivity index (χ4n) is 8.20. The molecule has 4 aromatic rings. The minimum atomic E-state index is -0.0104. The summed E-state index contributed by atoms with van der Waals surface area (Å²) in [5.74, 6) is 1.54. The second-order valence-electron chi connectivity index (χ2n) is 12.9. The van der Waals surface area contributed by atoms with E-state index in [1.807, 2.05) is 0 Å². The average Bonchev–Trinajstić information content (AvgIpc) is 3.52. The van der Waals surface area contributed by atoms with Crippen molar-refractivity contribution in [2.45, 2.75) is 109 Å². The molecule has 0 amide bonds. The van der Waals surface area contributed by atoms with Gasteiger partial charge in [-0.15, -0.1) is 0 Å². The zero-order chi connectivity index (χ0) is 23.8. The second-order valence-corrected chi connectivity index (χ2v) is 12.9. The van der Waals surface area contributed by atoms with Gasteiger partial charge in [0.25, 0.3) is 5.65 Å². The largest absolute Gasteiger partial charge is 0.296 e. The van der Waals surface area contributed by atoms with E-state index in [1.54, 1.807) is 16.7 Å². The summed E-state index contributed by atoms with van der Waals surface area (Å²) < 4.78 is 5.18. The molecule has 4 atom stereocenters. The lowest BCUT2D eigenvalue weighted by atomic mass is 9.59. The van der Waals surface area contributed by atoms with Gasteiger partial charge in [0.05, 0.1) is 23.5 Å². The fraction of sp³-hybridized carbons (Fsp3) is 0.548. The fourth-order valence-corrected chi connectivity index (χ4v) is 8.20. The van der Waals surface area contributed by atoms with Crippen LogP contribution in [0.5, 0.6) is 0 Å². The minimum Gasteiger partial charge on any atom is -0.256 e. The lowest BCUT2D eigenvalue weighted by Crippen LogP contribution is -2.66. The predicted octanol–water partition coefficient (Wildman–Crippen LogP) is 7.40. The third-order valence-corrected chi connectivity index (χ3v) is 10.5. The van der Waals surface area contributed by atoms with Crippen molar-refractivity contribution in [1.29, 1.82) is 0 Å². The van der Waals surface area contributed by atoms with Gasteiger partial charge in [-0.25, -0.2) is 4.57 Å². The van der Waals surface area contributed by atoms with Crippen molar-refractivity contribution < 1.29 is 4.57 Å². The van der Waals surface area contributed by atoms with Gasteiger partial charge < -0.3 is 0 Å². The third-order valence-electron chi connectivity index (χ3n) is 10.5. The lowest BCUT2D eigenvalue weighted by Gasteiger charge is -2.48. The number of imidazole rings is 1. The standard InChI is InChI=1S/C31H38N3/c1-8-30(6)27-25-19-11-10-18(14-19)21(25)15-20-12-13-33-23-17-32-24(29(3,4)5)16-22(23)34(28(33)26(20)27)31(30,7)9-2/h12-13,15-19H,8-11,14H2,1-7H3/q+1. The molecular weight excluding hydrogens is 414 g/mol. The van der Waals surface area contributed by atoms with Gasteiger partial charge in [0.15, 0.2) is 11.0 Å². The molecule has 34 heavy (non-hydrogen) atoms. The van der Waals surface area contributed by atoms with Crippen LogP contribution in [0.4, 0.5) is 0 Å². The van der Waals surface area contributed by atoms with Crippen molar-refractivity contribution in [3.63, 3.8) is 0 Å². The Hall–Kier alpha value is -2.42. The zero-order valence-corrected chi connectivity index (χ0v) is 21.9. The first-order valence-corrected chi connectivity index (χ1v) is 13.5. The summed E-state index contributed by atoms with van der Waals surface area (Å²) in [4.78, 5) is 4.96. The quantitative estimate of drug-likeness (QED) is 0.290. The molecule has 3 nitrogen and oxygen atoms in total. The summed E-state index contributed by atoms with van der Waals surface area (Å²) in [5, 5.41) is 2.95. The van der Waals surface area contributed by atoms with Crippen molar-refractivity contribution >= 4 is 27.5 Å². The maximum absolute atomic E-state index is 4.96. The Labute approximate surface area is 203 Å². The number of benzene rings is 1. The summed E-state index contributed by atoms with van der Waals surface area (Å²) in [6.07, 6.45) is 10.8. The number of pyridine rings is 2. The molecule has 1 aromatic carbocycles. The zero-order valence-electron chi connectivity index (χ0n) is 21.9. The monoisotopic (exact) mass is 452 g/mol. The topological polar surface area (TPSA) is 21.2 Å². The van der Waals surface area contributed by atoms with Gasteiger partial charge in [-0.05, 0) is 79.0 Å². The molecule has 3 aromatic heterocycles. The highest BCUT2D eigenvalue weighted by atomic mass is 15.2. The van der Waals surface area contributed by atoms with Crippen molar-refractivity contribution in [2.75, 3.05) is 0 Å². The SMILES string of the molecule is CCC1(C)c2c3c(cc4ccn5c6cnc(C(C)(C)C)cc6[n+](c5c24)C1(C)CC)C1CCC3C1. The molecule has 3 aliphatic rings. The van der Waals surface area contributed by atoms with Gasteiger partial charge in [-0.1, -0.05) is 47.6 Å². The van der Waals surface area contributed by atoms with E-state index in [2.05, 4.69) is 88.0 Å². The van der Waals surface area contributed by atoms with Crippen LogP contribution in [-0.2, 0) is 16.4 Å². The highest BCUT2D eigenvalue weighted by molar-refractivity contribution is 6.01. The third kappa shape index (κ3) is 2.17. The van der Waals surface area contributed by atoms with Crippen LogP contribution in [0.15, 0.2) is 30.6 Å². The van der Waals surface area contributed by atoms with E-state index in [1.165, 1.54) is 52.4 Å². The van der Waals surface area contributed by atoms with Gasteiger partial charge in [0.2, 0.25) is 0 Å².